The summed E-state index contributed by atoms with van der Waals surface area (Å²) in [6.45, 7) is 0.826. The number of aliphatic imine (C=N–C) groups is 1. The highest BCUT2D eigenvalue weighted by molar-refractivity contribution is 5.78. The molecule has 0 aromatic heterocycles. The Morgan fingerprint density at radius 3 is 2.84 bits per heavy atom. The van der Waals surface area contributed by atoms with Gasteiger partial charge in [0.25, 0.3) is 0 Å². The molecule has 0 saturated carbocycles. The Bertz CT molecular complexity index is 731. The van der Waals surface area contributed by atoms with Gasteiger partial charge in [-0.05, 0) is 23.8 Å². The maximum absolute atomic E-state index is 10.2. The molecular weight excluding hydrogens is 318 g/mol. The molecule has 3 rings (SSSR count). The highest BCUT2D eigenvalue weighted by Gasteiger charge is 2.21. The Kier molecular flexibility index (Phi) is 5.40. The number of rotatable bonds is 5. The monoisotopic (exact) mass is 341 g/mol. The van der Waals surface area contributed by atoms with Crippen LogP contribution in [0.4, 0.5) is 0 Å². The predicted molar refractivity (Wildman–Crippen MR) is 96.9 cm³/mol. The third-order valence-corrected chi connectivity index (χ3v) is 4.22. The number of nitrogens with zero attached hydrogens (tertiary/aromatic N) is 1. The van der Waals surface area contributed by atoms with Crippen LogP contribution in [-0.2, 0) is 0 Å². The normalized spacial score (nSPS) is 18.0. The van der Waals surface area contributed by atoms with Crippen molar-refractivity contribution in [3.8, 4) is 11.5 Å². The van der Waals surface area contributed by atoms with Crippen LogP contribution in [0.2, 0.25) is 0 Å². The van der Waals surface area contributed by atoms with E-state index in [9.17, 15) is 5.11 Å². The molecule has 0 aliphatic carbocycles. The minimum Gasteiger partial charge on any atom is -0.497 e. The van der Waals surface area contributed by atoms with Gasteiger partial charge < -0.3 is 25.6 Å². The number of benzene rings is 2. The number of fused-ring (bicyclic) bond motifs is 1. The topological polar surface area (TPSA) is 89.1 Å². The van der Waals surface area contributed by atoms with Crippen LogP contribution in [0.1, 0.15) is 29.7 Å². The van der Waals surface area contributed by atoms with Crippen molar-refractivity contribution in [1.29, 1.82) is 0 Å². The van der Waals surface area contributed by atoms with E-state index in [2.05, 4.69) is 10.3 Å². The Morgan fingerprint density at radius 2 is 2.08 bits per heavy atom. The summed E-state index contributed by atoms with van der Waals surface area (Å²) >= 11 is 0. The van der Waals surface area contributed by atoms with Crippen molar-refractivity contribution in [2.75, 3.05) is 20.3 Å². The second kappa shape index (κ2) is 7.90. The smallest absolute Gasteiger partial charge is 0.189 e. The fraction of sp³-hybridized carbons (Fsp3) is 0.316. The summed E-state index contributed by atoms with van der Waals surface area (Å²) in [4.78, 5) is 4.27. The molecule has 1 aliphatic heterocycles. The van der Waals surface area contributed by atoms with Gasteiger partial charge in [-0.2, -0.15) is 0 Å². The third kappa shape index (κ3) is 4.22. The summed E-state index contributed by atoms with van der Waals surface area (Å²) in [6.07, 6.45) is 0.0992. The molecule has 6 nitrogen and oxygen atoms in total. The van der Waals surface area contributed by atoms with E-state index in [1.54, 1.807) is 7.11 Å². The van der Waals surface area contributed by atoms with E-state index < -0.39 is 6.10 Å². The minimum absolute atomic E-state index is 0.0619. The van der Waals surface area contributed by atoms with Gasteiger partial charge in [-0.15, -0.1) is 0 Å². The number of para-hydroxylation sites is 1. The van der Waals surface area contributed by atoms with Crippen LogP contribution < -0.4 is 20.5 Å². The fourth-order valence-corrected chi connectivity index (χ4v) is 2.83. The number of hydrogen-bond acceptors (Lipinski definition) is 4. The summed E-state index contributed by atoms with van der Waals surface area (Å²) in [5.41, 5.74) is 7.84. The molecule has 2 atom stereocenters. The zero-order valence-electron chi connectivity index (χ0n) is 14.2. The van der Waals surface area contributed by atoms with Gasteiger partial charge in [0, 0.05) is 12.0 Å². The van der Waals surface area contributed by atoms with Gasteiger partial charge in [0.05, 0.1) is 32.4 Å². The van der Waals surface area contributed by atoms with E-state index in [1.807, 2.05) is 48.5 Å². The number of ether oxygens (including phenoxy) is 2. The maximum Gasteiger partial charge on any atom is 0.189 e. The molecule has 132 valence electrons. The molecule has 1 heterocycles. The predicted octanol–water partition coefficient (Wildman–Crippen LogP) is 2.16. The lowest BCUT2D eigenvalue weighted by molar-refractivity contribution is 0.187. The van der Waals surface area contributed by atoms with E-state index in [0.29, 0.717) is 12.6 Å². The molecule has 0 spiro atoms. The molecule has 2 unspecified atom stereocenters. The number of methoxy groups -OCH3 is 1. The first-order valence-electron chi connectivity index (χ1n) is 8.27. The summed E-state index contributed by atoms with van der Waals surface area (Å²) < 4.78 is 10.8. The van der Waals surface area contributed by atoms with E-state index in [4.69, 9.17) is 15.2 Å². The minimum atomic E-state index is -0.715. The van der Waals surface area contributed by atoms with Crippen molar-refractivity contribution in [1.82, 2.24) is 5.32 Å². The van der Waals surface area contributed by atoms with Gasteiger partial charge in [0.2, 0.25) is 0 Å². The van der Waals surface area contributed by atoms with Crippen molar-refractivity contribution in [2.24, 2.45) is 10.7 Å². The quantitative estimate of drug-likeness (QED) is 0.573. The Balaban J connectivity index is 1.60. The number of aliphatic hydroxyl groups is 1. The molecule has 25 heavy (non-hydrogen) atoms. The molecule has 2 aromatic carbocycles. The highest BCUT2D eigenvalue weighted by atomic mass is 16.5. The van der Waals surface area contributed by atoms with Crippen molar-refractivity contribution < 1.29 is 14.6 Å². The van der Waals surface area contributed by atoms with E-state index in [-0.39, 0.29) is 12.6 Å². The molecule has 0 saturated heterocycles. The van der Waals surface area contributed by atoms with Crippen LogP contribution in [0.3, 0.4) is 0 Å². The van der Waals surface area contributed by atoms with Gasteiger partial charge in [-0.25, -0.2) is 0 Å². The average molecular weight is 341 g/mol. The van der Waals surface area contributed by atoms with Gasteiger partial charge >= 0.3 is 0 Å². The van der Waals surface area contributed by atoms with Crippen LogP contribution in [0, 0.1) is 0 Å². The second-order valence-corrected chi connectivity index (χ2v) is 5.89. The van der Waals surface area contributed by atoms with Crippen molar-refractivity contribution in [3.63, 3.8) is 0 Å². The van der Waals surface area contributed by atoms with Gasteiger partial charge in [0.1, 0.15) is 11.5 Å². The third-order valence-electron chi connectivity index (χ3n) is 4.22. The number of guanidine groups is 1. The van der Waals surface area contributed by atoms with Crippen LogP contribution in [0.25, 0.3) is 0 Å². The van der Waals surface area contributed by atoms with E-state index in [1.165, 1.54) is 0 Å². The molecule has 0 radical (unpaired) electrons. The van der Waals surface area contributed by atoms with Crippen LogP contribution in [0.5, 0.6) is 11.5 Å². The summed E-state index contributed by atoms with van der Waals surface area (Å²) in [5, 5.41) is 13.5. The van der Waals surface area contributed by atoms with Crippen molar-refractivity contribution in [2.45, 2.75) is 18.6 Å². The van der Waals surface area contributed by atoms with E-state index in [0.717, 1.165) is 29.0 Å². The number of nitrogens with one attached hydrogen (secondary N) is 1. The Morgan fingerprint density at radius 1 is 1.32 bits per heavy atom. The number of hydrogen-bond donors (Lipinski definition) is 3. The average Bonchev–Trinajstić information content (AvgIpc) is 2.66. The van der Waals surface area contributed by atoms with Crippen LogP contribution >= 0.6 is 0 Å². The van der Waals surface area contributed by atoms with Gasteiger partial charge in [0.15, 0.2) is 5.96 Å². The molecule has 2 aromatic rings. The fourth-order valence-electron chi connectivity index (χ4n) is 2.83. The maximum atomic E-state index is 10.2. The second-order valence-electron chi connectivity index (χ2n) is 5.89. The highest BCUT2D eigenvalue weighted by Crippen LogP contribution is 2.31. The van der Waals surface area contributed by atoms with E-state index >= 15 is 0 Å². The lowest BCUT2D eigenvalue weighted by atomic mass is 10.0. The van der Waals surface area contributed by atoms with Crippen molar-refractivity contribution in [3.05, 3.63) is 59.7 Å². The first kappa shape index (κ1) is 17.1. The number of nitrogens with two attached hydrogens (primary N) is 1. The molecular formula is C19H23N3O3. The first-order valence-corrected chi connectivity index (χ1v) is 8.27. The Hall–Kier alpha value is -2.73. The summed E-state index contributed by atoms with van der Waals surface area (Å²) in [7, 11) is 1.61. The van der Waals surface area contributed by atoms with Crippen LogP contribution in [-0.4, -0.2) is 31.3 Å². The lowest BCUT2D eigenvalue weighted by Crippen LogP contribution is -2.37. The lowest BCUT2D eigenvalue weighted by Gasteiger charge is -2.27. The molecule has 0 fully saturated rings. The zero-order chi connectivity index (χ0) is 17.6. The molecule has 6 heteroatoms. The molecule has 0 amide bonds. The largest absolute Gasteiger partial charge is 0.497 e. The molecule has 1 aliphatic rings. The first-order chi connectivity index (χ1) is 12.2. The molecule has 0 bridgehead atoms. The standard InChI is InChI=1S/C19H23N3O3/c1-24-14-8-6-13(7-9-14)17(23)12-21-19(20)22-16-10-11-25-18-5-3-2-4-15(16)18/h2-9,16-17,23H,10-12H2,1H3,(H3,20,21,22). The number of aliphatic hydroxyl groups excluding tert-OH is 1. The summed E-state index contributed by atoms with van der Waals surface area (Å²) in [5.74, 6) is 1.94. The van der Waals surface area contributed by atoms with Crippen molar-refractivity contribution >= 4 is 5.96 Å². The van der Waals surface area contributed by atoms with Crippen LogP contribution in [0.15, 0.2) is 53.5 Å². The Labute approximate surface area is 147 Å². The summed E-state index contributed by atoms with van der Waals surface area (Å²) in [6, 6.07) is 15.2. The van der Waals surface area contributed by atoms with Gasteiger partial charge in [-0.1, -0.05) is 30.3 Å². The SMILES string of the molecule is COc1ccc(C(O)CN=C(N)NC2CCOc3ccccc32)cc1. The molecule has 4 N–H and O–H groups in total. The van der Waals surface area contributed by atoms with Gasteiger partial charge in [-0.3, -0.25) is 4.99 Å². The zero-order valence-corrected chi connectivity index (χ0v) is 14.2.